The number of carbonyl (C=O) groups is 4. The first kappa shape index (κ1) is 29.3. The molecule has 35 heavy (non-hydrogen) atoms. The number of alkyl carbamates (subject to hydrolysis) is 1. The lowest BCUT2D eigenvalue weighted by molar-refractivity contribution is -0.143. The number of aromatic hydroxyl groups is 1. The van der Waals surface area contributed by atoms with Crippen molar-refractivity contribution < 1.29 is 38.9 Å². The van der Waals surface area contributed by atoms with Crippen molar-refractivity contribution in [1.82, 2.24) is 15.5 Å². The highest BCUT2D eigenvalue weighted by atomic mass is 16.6. The van der Waals surface area contributed by atoms with Gasteiger partial charge in [0.1, 0.15) is 23.4 Å². The lowest BCUT2D eigenvalue weighted by atomic mass is 10.0. The molecule has 0 saturated carbocycles. The molecule has 0 spiro atoms. The maximum Gasteiger partial charge on any atom is 0.408 e. The Morgan fingerprint density at radius 1 is 1.23 bits per heavy atom. The second-order valence-corrected chi connectivity index (χ2v) is 8.51. The largest absolute Gasteiger partial charge is 0.508 e. The van der Waals surface area contributed by atoms with Gasteiger partial charge in [-0.15, -0.1) is 0 Å². The van der Waals surface area contributed by atoms with Crippen LogP contribution in [0.5, 0.6) is 5.75 Å². The molecule has 11 nitrogen and oxygen atoms in total. The second-order valence-electron chi connectivity index (χ2n) is 8.51. The number of benzene rings is 1. The Morgan fingerprint density at radius 2 is 1.89 bits per heavy atom. The molecule has 1 aromatic rings. The lowest BCUT2D eigenvalue weighted by Crippen LogP contribution is -2.53. The van der Waals surface area contributed by atoms with E-state index >= 15 is 0 Å². The number of nitrogens with zero attached hydrogens (tertiary/aromatic N) is 1. The van der Waals surface area contributed by atoms with Crippen LogP contribution in [0, 0.1) is 19.4 Å². The fourth-order valence-corrected chi connectivity index (χ4v) is 2.95. The van der Waals surface area contributed by atoms with Crippen LogP contribution < -0.4 is 10.6 Å². The van der Waals surface area contributed by atoms with Crippen molar-refractivity contribution in [2.45, 2.75) is 58.7 Å². The number of aliphatic hydroxyl groups is 1. The van der Waals surface area contributed by atoms with Crippen molar-refractivity contribution in [2.24, 2.45) is 0 Å². The van der Waals surface area contributed by atoms with Gasteiger partial charge in [-0.05, 0) is 57.9 Å². The van der Waals surface area contributed by atoms with Gasteiger partial charge in [-0.3, -0.25) is 19.3 Å². The molecule has 0 heterocycles. The van der Waals surface area contributed by atoms with Gasteiger partial charge in [-0.25, -0.2) is 4.79 Å². The summed E-state index contributed by atoms with van der Waals surface area (Å²) >= 11 is 0. The topological polar surface area (TPSA) is 154 Å². The van der Waals surface area contributed by atoms with Crippen LogP contribution in [0.1, 0.15) is 51.3 Å². The minimum Gasteiger partial charge on any atom is -0.508 e. The molecular formula is C24H33N3O8. The van der Waals surface area contributed by atoms with Crippen molar-refractivity contribution in [3.05, 3.63) is 29.3 Å². The van der Waals surface area contributed by atoms with Gasteiger partial charge in [0.2, 0.25) is 5.91 Å². The predicted molar refractivity (Wildman–Crippen MR) is 126 cm³/mol. The summed E-state index contributed by atoms with van der Waals surface area (Å²) in [6, 6.07) is 3.45. The molecular weight excluding hydrogens is 458 g/mol. The average molecular weight is 492 g/mol. The number of carbonyl (C=O) groups excluding carboxylic acids is 4. The summed E-state index contributed by atoms with van der Waals surface area (Å²) in [4.78, 5) is 50.8. The SMILES string of the molecule is C#CN(C(=O)C(CO)NC(=O)OC(C)(C)C)C(C(=O)NCCC(=O)OCC)c1ccc(O)c(C)c1. The molecule has 11 heteroatoms. The van der Waals surface area contributed by atoms with Crippen LogP contribution in [-0.4, -0.2) is 70.4 Å². The van der Waals surface area contributed by atoms with Crippen molar-refractivity contribution in [3.8, 4) is 18.2 Å². The van der Waals surface area contributed by atoms with Crippen molar-refractivity contribution in [1.29, 1.82) is 0 Å². The average Bonchev–Trinajstić information content (AvgIpc) is 2.76. The first-order valence-corrected chi connectivity index (χ1v) is 11.0. The van der Waals surface area contributed by atoms with Gasteiger partial charge >= 0.3 is 12.1 Å². The molecule has 0 aliphatic rings. The fraction of sp³-hybridized carbons (Fsp3) is 0.500. The van der Waals surface area contributed by atoms with E-state index in [1.165, 1.54) is 18.2 Å². The highest BCUT2D eigenvalue weighted by Crippen LogP contribution is 2.26. The van der Waals surface area contributed by atoms with Gasteiger partial charge < -0.3 is 30.3 Å². The monoisotopic (exact) mass is 491 g/mol. The number of phenolic OH excluding ortho intramolecular Hbond substituents is 1. The van der Waals surface area contributed by atoms with Crippen molar-refractivity contribution >= 4 is 23.9 Å². The number of phenols is 1. The first-order valence-electron chi connectivity index (χ1n) is 11.0. The molecule has 0 bridgehead atoms. The minimum atomic E-state index is -1.51. The van der Waals surface area contributed by atoms with Gasteiger partial charge in [-0.2, -0.15) is 0 Å². The van der Waals surface area contributed by atoms with Crippen LogP contribution in [0.3, 0.4) is 0 Å². The number of esters is 1. The summed E-state index contributed by atoms with van der Waals surface area (Å²) in [5, 5.41) is 24.4. The molecule has 1 rings (SSSR count). The quantitative estimate of drug-likeness (QED) is 0.216. The van der Waals surface area contributed by atoms with E-state index in [-0.39, 0.29) is 30.9 Å². The van der Waals surface area contributed by atoms with E-state index in [1.807, 2.05) is 0 Å². The number of hydrogen-bond donors (Lipinski definition) is 4. The zero-order chi connectivity index (χ0) is 26.8. The Kier molecular flexibility index (Phi) is 11.0. The standard InChI is InChI=1S/C24H33N3O8/c1-7-27(22(32)17(14-28)26-23(33)35-24(4,5)6)20(16-9-10-18(29)15(3)13-16)21(31)25-12-11-19(30)34-8-2/h1,9-10,13,17,20,28-29H,8,11-12,14H2,2-6H3,(H,25,31)(H,26,33). The lowest BCUT2D eigenvalue weighted by Gasteiger charge is -2.30. The van der Waals surface area contributed by atoms with Gasteiger partial charge in [-0.1, -0.05) is 12.5 Å². The van der Waals surface area contributed by atoms with E-state index in [4.69, 9.17) is 15.9 Å². The van der Waals surface area contributed by atoms with E-state index in [1.54, 1.807) is 34.6 Å². The Balaban J connectivity index is 3.24. The van der Waals surface area contributed by atoms with Gasteiger partial charge in [0.25, 0.3) is 5.91 Å². The van der Waals surface area contributed by atoms with Gasteiger partial charge in [0.15, 0.2) is 0 Å². The Morgan fingerprint density at radius 3 is 2.40 bits per heavy atom. The molecule has 1 aromatic carbocycles. The second kappa shape index (κ2) is 13.2. The Bertz CT molecular complexity index is 964. The summed E-state index contributed by atoms with van der Waals surface area (Å²) in [5.74, 6) is -2.22. The molecule has 192 valence electrons. The van der Waals surface area contributed by atoms with E-state index in [0.29, 0.717) is 5.56 Å². The smallest absolute Gasteiger partial charge is 0.408 e. The first-order chi connectivity index (χ1) is 16.3. The number of nitrogens with one attached hydrogen (secondary N) is 2. The van der Waals surface area contributed by atoms with Crippen LogP contribution in [0.25, 0.3) is 0 Å². The molecule has 0 fully saturated rings. The molecule has 0 radical (unpaired) electrons. The molecule has 0 aromatic heterocycles. The summed E-state index contributed by atoms with van der Waals surface area (Å²) in [6.07, 6.45) is 4.52. The number of hydrogen-bond acceptors (Lipinski definition) is 8. The van der Waals surface area contributed by atoms with Gasteiger partial charge in [0, 0.05) is 12.6 Å². The molecule has 0 aliphatic heterocycles. The molecule has 0 saturated heterocycles. The Hall–Kier alpha value is -3.78. The Labute approximate surface area is 204 Å². The number of rotatable bonds is 10. The maximum absolute atomic E-state index is 13.2. The summed E-state index contributed by atoms with van der Waals surface area (Å²) in [7, 11) is 0. The van der Waals surface area contributed by atoms with E-state index in [2.05, 4.69) is 16.7 Å². The summed E-state index contributed by atoms with van der Waals surface area (Å²) in [6.45, 7) is 7.41. The van der Waals surface area contributed by atoms with Gasteiger partial charge in [0.05, 0.1) is 19.6 Å². The molecule has 3 amide bonds. The van der Waals surface area contributed by atoms with Crippen LogP contribution >= 0.6 is 0 Å². The summed E-state index contributed by atoms with van der Waals surface area (Å²) < 4.78 is 9.94. The third kappa shape index (κ3) is 9.17. The van der Waals surface area contributed by atoms with Crippen LogP contribution in [0.15, 0.2) is 18.2 Å². The van der Waals surface area contributed by atoms with Crippen LogP contribution in [0.2, 0.25) is 0 Å². The number of ether oxygens (including phenoxy) is 2. The zero-order valence-electron chi connectivity index (χ0n) is 20.6. The number of amides is 3. The zero-order valence-corrected chi connectivity index (χ0v) is 20.6. The number of aliphatic hydroxyl groups excluding tert-OH is 1. The van der Waals surface area contributed by atoms with E-state index in [0.717, 1.165) is 4.90 Å². The van der Waals surface area contributed by atoms with E-state index in [9.17, 15) is 29.4 Å². The summed E-state index contributed by atoms with van der Waals surface area (Å²) in [5.41, 5.74) is -0.180. The normalized spacial score (nSPS) is 12.5. The highest BCUT2D eigenvalue weighted by Gasteiger charge is 2.36. The molecule has 2 unspecified atom stereocenters. The maximum atomic E-state index is 13.2. The predicted octanol–water partition coefficient (Wildman–Crippen LogP) is 1.12. The van der Waals surface area contributed by atoms with Crippen molar-refractivity contribution in [2.75, 3.05) is 19.8 Å². The molecule has 2 atom stereocenters. The molecule has 4 N–H and O–H groups in total. The fourth-order valence-electron chi connectivity index (χ4n) is 2.95. The third-order valence-electron chi connectivity index (χ3n) is 4.52. The molecule has 0 aliphatic carbocycles. The number of terminal acetylenes is 1. The van der Waals surface area contributed by atoms with E-state index < -0.39 is 48.2 Å². The highest BCUT2D eigenvalue weighted by molar-refractivity contribution is 5.93. The minimum absolute atomic E-state index is 0.0337. The van der Waals surface area contributed by atoms with Crippen LogP contribution in [0.4, 0.5) is 4.79 Å². The number of aryl methyl sites for hydroxylation is 1. The third-order valence-corrected chi connectivity index (χ3v) is 4.52. The van der Waals surface area contributed by atoms with Crippen molar-refractivity contribution in [3.63, 3.8) is 0 Å². The van der Waals surface area contributed by atoms with Crippen LogP contribution in [-0.2, 0) is 23.9 Å².